The molecule has 0 aliphatic heterocycles. The van der Waals surface area contributed by atoms with Crippen molar-refractivity contribution in [2.75, 3.05) is 6.54 Å². The van der Waals surface area contributed by atoms with Gasteiger partial charge in [0.25, 0.3) is 0 Å². The van der Waals surface area contributed by atoms with Gasteiger partial charge in [0, 0.05) is 24.6 Å². The number of aromatic nitrogens is 2. The third-order valence-electron chi connectivity index (χ3n) is 4.21. The topological polar surface area (TPSA) is 56.2 Å². The molecule has 7 heteroatoms. The minimum Gasteiger partial charge on any atom is -0.436 e. The molecule has 1 amide bonds. The molecule has 2 aromatic carbocycles. The molecule has 5 nitrogen and oxygen atoms in total. The summed E-state index contributed by atoms with van der Waals surface area (Å²) in [7, 11) is 0. The molecule has 0 saturated carbocycles. The first kappa shape index (κ1) is 19.5. The molecule has 0 aliphatic rings. The maximum absolute atomic E-state index is 14.2. The van der Waals surface area contributed by atoms with Crippen molar-refractivity contribution >= 4 is 5.91 Å². The van der Waals surface area contributed by atoms with Crippen LogP contribution in [-0.2, 0) is 11.2 Å². The first-order valence-corrected chi connectivity index (χ1v) is 9.03. The number of nitrogens with zero attached hydrogens (tertiary/aromatic N) is 2. The molecule has 0 bridgehead atoms. The Bertz CT molecular complexity index is 971. The fourth-order valence-electron chi connectivity index (χ4n) is 2.86. The zero-order valence-electron chi connectivity index (χ0n) is 15.7. The van der Waals surface area contributed by atoms with E-state index in [1.165, 1.54) is 6.07 Å². The average molecular weight is 385 g/mol. The molecule has 0 fully saturated rings. The monoisotopic (exact) mass is 385 g/mol. The molecule has 0 atom stereocenters. The van der Waals surface area contributed by atoms with Crippen molar-refractivity contribution in [2.24, 2.45) is 0 Å². The normalized spacial score (nSPS) is 10.7. The number of nitrogens with one attached hydrogen (secondary N) is 1. The van der Waals surface area contributed by atoms with E-state index >= 15 is 0 Å². The van der Waals surface area contributed by atoms with Gasteiger partial charge in [0.05, 0.1) is 11.4 Å². The number of hydrogen-bond acceptors (Lipinski definition) is 3. The third-order valence-corrected chi connectivity index (χ3v) is 4.21. The molecule has 0 aliphatic carbocycles. The molecule has 0 saturated heterocycles. The minimum atomic E-state index is -0.812. The fourth-order valence-corrected chi connectivity index (χ4v) is 2.86. The molecule has 1 heterocycles. The van der Waals surface area contributed by atoms with Crippen LogP contribution in [0, 0.1) is 18.6 Å². The Morgan fingerprint density at radius 1 is 1.18 bits per heavy atom. The predicted molar refractivity (Wildman–Crippen MR) is 102 cm³/mol. The number of para-hydroxylation sites is 1. The summed E-state index contributed by atoms with van der Waals surface area (Å²) in [6.07, 6.45) is 0.625. The lowest BCUT2D eigenvalue weighted by atomic mass is 10.1. The highest BCUT2D eigenvalue weighted by atomic mass is 19.1. The van der Waals surface area contributed by atoms with Crippen molar-refractivity contribution in [1.82, 2.24) is 15.1 Å². The lowest BCUT2D eigenvalue weighted by molar-refractivity contribution is -0.120. The van der Waals surface area contributed by atoms with E-state index in [0.717, 1.165) is 17.8 Å². The zero-order valence-corrected chi connectivity index (χ0v) is 15.7. The second-order valence-electron chi connectivity index (χ2n) is 6.25. The van der Waals surface area contributed by atoms with Gasteiger partial charge in [0.2, 0.25) is 11.8 Å². The van der Waals surface area contributed by atoms with Gasteiger partial charge in [0.1, 0.15) is 5.82 Å². The molecule has 146 valence electrons. The lowest BCUT2D eigenvalue weighted by Gasteiger charge is -2.12. The second kappa shape index (κ2) is 8.65. The van der Waals surface area contributed by atoms with Crippen LogP contribution in [0.5, 0.6) is 11.6 Å². The number of halogens is 2. The number of carbonyl (C=O) groups is 1. The van der Waals surface area contributed by atoms with Crippen LogP contribution in [0.2, 0.25) is 0 Å². The maximum atomic E-state index is 14.2. The van der Waals surface area contributed by atoms with Crippen LogP contribution < -0.4 is 10.1 Å². The van der Waals surface area contributed by atoms with Crippen molar-refractivity contribution in [1.29, 1.82) is 0 Å². The Balaban J connectivity index is 2.01. The molecular weight excluding hydrogens is 364 g/mol. The zero-order chi connectivity index (χ0) is 20.1. The van der Waals surface area contributed by atoms with E-state index in [1.807, 2.05) is 37.3 Å². The Morgan fingerprint density at radius 2 is 1.93 bits per heavy atom. The molecule has 3 aromatic rings. The number of rotatable bonds is 7. The van der Waals surface area contributed by atoms with E-state index in [4.69, 9.17) is 4.74 Å². The average Bonchev–Trinajstić information content (AvgIpc) is 2.98. The first-order chi connectivity index (χ1) is 13.5. The Kier molecular flexibility index (Phi) is 6.03. The Morgan fingerprint density at radius 3 is 2.61 bits per heavy atom. The SMILES string of the molecule is CCNC(=O)CCc1c(C)nn(-c2ccccc2)c1Oc1ccc(F)cc1F. The number of aryl methyl sites for hydroxylation is 1. The number of amides is 1. The van der Waals surface area contributed by atoms with Crippen molar-refractivity contribution in [2.45, 2.75) is 26.7 Å². The summed E-state index contributed by atoms with van der Waals surface area (Å²) in [6, 6.07) is 12.4. The summed E-state index contributed by atoms with van der Waals surface area (Å²) >= 11 is 0. The minimum absolute atomic E-state index is 0.0896. The maximum Gasteiger partial charge on any atom is 0.226 e. The molecule has 1 aromatic heterocycles. The van der Waals surface area contributed by atoms with E-state index in [0.29, 0.717) is 30.1 Å². The largest absolute Gasteiger partial charge is 0.436 e. The van der Waals surface area contributed by atoms with Crippen molar-refractivity contribution in [3.63, 3.8) is 0 Å². The van der Waals surface area contributed by atoms with Gasteiger partial charge >= 0.3 is 0 Å². The summed E-state index contributed by atoms with van der Waals surface area (Å²) in [6.45, 7) is 4.20. The summed E-state index contributed by atoms with van der Waals surface area (Å²) < 4.78 is 34.8. The highest BCUT2D eigenvalue weighted by molar-refractivity contribution is 5.76. The van der Waals surface area contributed by atoms with Gasteiger partial charge in [-0.3, -0.25) is 4.79 Å². The molecule has 3 rings (SSSR count). The summed E-state index contributed by atoms with van der Waals surface area (Å²) in [5.41, 5.74) is 2.09. The number of hydrogen-bond donors (Lipinski definition) is 1. The van der Waals surface area contributed by atoms with Crippen LogP contribution in [0.15, 0.2) is 48.5 Å². The number of carbonyl (C=O) groups excluding carboxylic acids is 1. The molecule has 1 N–H and O–H groups in total. The molecule has 0 spiro atoms. The van der Waals surface area contributed by atoms with Crippen molar-refractivity contribution in [3.8, 4) is 17.3 Å². The van der Waals surface area contributed by atoms with E-state index in [1.54, 1.807) is 11.6 Å². The summed E-state index contributed by atoms with van der Waals surface area (Å²) in [4.78, 5) is 11.9. The summed E-state index contributed by atoms with van der Waals surface area (Å²) in [5.74, 6) is -1.40. The van der Waals surface area contributed by atoms with Gasteiger partial charge in [0.15, 0.2) is 11.6 Å². The Labute approximate surface area is 161 Å². The third kappa shape index (κ3) is 4.36. The highest BCUT2D eigenvalue weighted by Crippen LogP contribution is 2.32. The van der Waals surface area contributed by atoms with Crippen LogP contribution in [0.3, 0.4) is 0 Å². The van der Waals surface area contributed by atoms with Gasteiger partial charge < -0.3 is 10.1 Å². The molecule has 0 radical (unpaired) electrons. The smallest absolute Gasteiger partial charge is 0.226 e. The summed E-state index contributed by atoms with van der Waals surface area (Å²) in [5, 5.41) is 7.26. The lowest BCUT2D eigenvalue weighted by Crippen LogP contribution is -2.22. The van der Waals surface area contributed by atoms with E-state index < -0.39 is 11.6 Å². The Hall–Kier alpha value is -3.22. The second-order valence-corrected chi connectivity index (χ2v) is 6.25. The standard InChI is InChI=1S/C21H21F2N3O2/c1-3-24-20(27)12-10-17-14(2)25-26(16-7-5-4-6-8-16)21(17)28-19-11-9-15(22)13-18(19)23/h4-9,11,13H,3,10,12H2,1-2H3,(H,24,27). The molecule has 28 heavy (non-hydrogen) atoms. The van der Waals surface area contributed by atoms with Crippen LogP contribution >= 0.6 is 0 Å². The van der Waals surface area contributed by atoms with E-state index in [9.17, 15) is 13.6 Å². The van der Waals surface area contributed by atoms with Crippen LogP contribution in [-0.4, -0.2) is 22.2 Å². The quantitative estimate of drug-likeness (QED) is 0.659. The predicted octanol–water partition coefficient (Wildman–Crippen LogP) is 4.32. The van der Waals surface area contributed by atoms with Crippen molar-refractivity contribution in [3.05, 3.63) is 71.4 Å². The van der Waals surface area contributed by atoms with Crippen LogP contribution in [0.4, 0.5) is 8.78 Å². The number of ether oxygens (including phenoxy) is 1. The van der Waals surface area contributed by atoms with E-state index in [-0.39, 0.29) is 18.1 Å². The van der Waals surface area contributed by atoms with Gasteiger partial charge in [-0.05, 0) is 44.5 Å². The molecule has 0 unspecified atom stereocenters. The van der Waals surface area contributed by atoms with E-state index in [2.05, 4.69) is 10.4 Å². The van der Waals surface area contributed by atoms with Crippen LogP contribution in [0.25, 0.3) is 5.69 Å². The van der Waals surface area contributed by atoms with Gasteiger partial charge in [-0.25, -0.2) is 13.5 Å². The van der Waals surface area contributed by atoms with Gasteiger partial charge in [-0.2, -0.15) is 5.10 Å². The molecular formula is C21H21F2N3O2. The fraction of sp³-hybridized carbons (Fsp3) is 0.238. The van der Waals surface area contributed by atoms with Crippen LogP contribution in [0.1, 0.15) is 24.6 Å². The van der Waals surface area contributed by atoms with Gasteiger partial charge in [-0.1, -0.05) is 18.2 Å². The highest BCUT2D eigenvalue weighted by Gasteiger charge is 2.21. The van der Waals surface area contributed by atoms with Gasteiger partial charge in [-0.15, -0.1) is 0 Å². The number of benzene rings is 2. The van der Waals surface area contributed by atoms with Crippen molar-refractivity contribution < 1.29 is 18.3 Å². The first-order valence-electron chi connectivity index (χ1n) is 9.03.